The molecule has 2 N–H and O–H groups in total. The predicted molar refractivity (Wildman–Crippen MR) is 82.6 cm³/mol. The maximum absolute atomic E-state index is 12.9. The van der Waals surface area contributed by atoms with Crippen LogP contribution < -0.4 is 10.0 Å². The Bertz CT molecular complexity index is 759. The molecule has 3 rings (SSSR count). The van der Waals surface area contributed by atoms with Gasteiger partial charge in [0.05, 0.1) is 5.69 Å². The lowest BCUT2D eigenvalue weighted by atomic mass is 10.1. The standard InChI is InChI=1S/C15H17N3O2S/c16-15-14(9-5-10-17-15)21(19,20)18-11-4-3-7-12-6-1-2-8-13(12)18/h1-2,5-6,8-10H,3-4,7,11H2,(H2,16,17). The van der Waals surface area contributed by atoms with Gasteiger partial charge in [-0.15, -0.1) is 0 Å². The summed E-state index contributed by atoms with van der Waals surface area (Å²) in [5.74, 6) is 0.0410. The maximum atomic E-state index is 12.9. The molecule has 1 aliphatic rings. The second-order valence-corrected chi connectivity index (χ2v) is 6.88. The van der Waals surface area contributed by atoms with E-state index in [0.717, 1.165) is 30.5 Å². The highest BCUT2D eigenvalue weighted by Crippen LogP contribution is 2.32. The molecule has 0 spiro atoms. The van der Waals surface area contributed by atoms with Gasteiger partial charge in [-0.1, -0.05) is 18.2 Å². The average Bonchev–Trinajstić information content (AvgIpc) is 2.70. The lowest BCUT2D eigenvalue weighted by molar-refractivity contribution is 0.589. The summed E-state index contributed by atoms with van der Waals surface area (Å²) in [5, 5.41) is 0. The van der Waals surface area contributed by atoms with Crippen LogP contribution >= 0.6 is 0 Å². The van der Waals surface area contributed by atoms with E-state index in [9.17, 15) is 8.42 Å². The van der Waals surface area contributed by atoms with Crippen LogP contribution in [0.3, 0.4) is 0 Å². The van der Waals surface area contributed by atoms with Crippen molar-refractivity contribution in [1.29, 1.82) is 0 Å². The predicted octanol–water partition coefficient (Wildman–Crippen LogP) is 2.20. The Labute approximate surface area is 124 Å². The number of aryl methyl sites for hydroxylation is 1. The van der Waals surface area contributed by atoms with Gasteiger partial charge in [-0.25, -0.2) is 13.4 Å². The van der Waals surface area contributed by atoms with E-state index in [4.69, 9.17) is 5.73 Å². The Morgan fingerprint density at radius 1 is 1.10 bits per heavy atom. The number of hydrogen-bond donors (Lipinski definition) is 1. The molecule has 21 heavy (non-hydrogen) atoms. The molecule has 6 heteroatoms. The third-order valence-electron chi connectivity index (χ3n) is 3.69. The number of sulfonamides is 1. The molecular formula is C15H17N3O2S. The van der Waals surface area contributed by atoms with Crippen molar-refractivity contribution in [2.24, 2.45) is 0 Å². The summed E-state index contributed by atoms with van der Waals surface area (Å²) in [5.41, 5.74) is 7.56. The van der Waals surface area contributed by atoms with Crippen molar-refractivity contribution in [3.63, 3.8) is 0 Å². The normalized spacial score (nSPS) is 15.3. The highest BCUT2D eigenvalue weighted by molar-refractivity contribution is 7.93. The van der Waals surface area contributed by atoms with Gasteiger partial charge in [0.15, 0.2) is 0 Å². The number of fused-ring (bicyclic) bond motifs is 1. The number of hydrogen-bond acceptors (Lipinski definition) is 4. The van der Waals surface area contributed by atoms with E-state index in [0.29, 0.717) is 6.54 Å². The number of para-hydroxylation sites is 1. The molecule has 2 heterocycles. The van der Waals surface area contributed by atoms with Gasteiger partial charge in [0, 0.05) is 12.7 Å². The van der Waals surface area contributed by atoms with Crippen LogP contribution in [0.5, 0.6) is 0 Å². The second kappa shape index (κ2) is 5.37. The zero-order chi connectivity index (χ0) is 14.9. The quantitative estimate of drug-likeness (QED) is 0.922. The molecule has 0 saturated heterocycles. The second-order valence-electron chi connectivity index (χ2n) is 5.05. The van der Waals surface area contributed by atoms with Gasteiger partial charge in [-0.05, 0) is 43.0 Å². The highest BCUT2D eigenvalue weighted by Gasteiger charge is 2.29. The van der Waals surface area contributed by atoms with Crippen LogP contribution in [0.4, 0.5) is 11.5 Å². The van der Waals surface area contributed by atoms with Gasteiger partial charge in [-0.3, -0.25) is 4.31 Å². The van der Waals surface area contributed by atoms with E-state index in [1.807, 2.05) is 24.3 Å². The number of pyridine rings is 1. The third kappa shape index (κ3) is 2.47. The van der Waals surface area contributed by atoms with Crippen molar-refractivity contribution in [1.82, 2.24) is 4.98 Å². The first-order chi connectivity index (χ1) is 10.1. The first kappa shape index (κ1) is 13.9. The van der Waals surface area contributed by atoms with Gasteiger partial charge in [0.25, 0.3) is 10.0 Å². The van der Waals surface area contributed by atoms with E-state index < -0.39 is 10.0 Å². The van der Waals surface area contributed by atoms with E-state index in [1.165, 1.54) is 16.6 Å². The van der Waals surface area contributed by atoms with E-state index >= 15 is 0 Å². The first-order valence-corrected chi connectivity index (χ1v) is 8.36. The van der Waals surface area contributed by atoms with Crippen molar-refractivity contribution in [2.75, 3.05) is 16.6 Å². The fourth-order valence-electron chi connectivity index (χ4n) is 2.65. The average molecular weight is 303 g/mol. The Balaban J connectivity index is 2.13. The lowest BCUT2D eigenvalue weighted by Gasteiger charge is -2.24. The van der Waals surface area contributed by atoms with Gasteiger partial charge in [0.2, 0.25) is 0 Å². The molecule has 0 radical (unpaired) electrons. The molecule has 110 valence electrons. The fraction of sp³-hybridized carbons (Fsp3) is 0.267. The van der Waals surface area contributed by atoms with Crippen LogP contribution in [-0.2, 0) is 16.4 Å². The number of nitrogens with two attached hydrogens (primary N) is 1. The Hall–Kier alpha value is -2.08. The van der Waals surface area contributed by atoms with Crippen molar-refractivity contribution >= 4 is 21.5 Å². The summed E-state index contributed by atoms with van der Waals surface area (Å²) in [7, 11) is -3.68. The van der Waals surface area contributed by atoms with Gasteiger partial charge < -0.3 is 5.73 Å². The number of anilines is 2. The van der Waals surface area contributed by atoms with Crippen LogP contribution in [0, 0.1) is 0 Å². The molecule has 1 aromatic heterocycles. The van der Waals surface area contributed by atoms with Gasteiger partial charge in [0.1, 0.15) is 10.7 Å². The van der Waals surface area contributed by atoms with Crippen LogP contribution in [0.1, 0.15) is 18.4 Å². The molecule has 2 aromatic rings. The number of benzene rings is 1. The first-order valence-electron chi connectivity index (χ1n) is 6.92. The van der Waals surface area contributed by atoms with Gasteiger partial charge >= 0.3 is 0 Å². The molecule has 0 saturated carbocycles. The molecule has 0 bridgehead atoms. The minimum atomic E-state index is -3.68. The SMILES string of the molecule is Nc1ncccc1S(=O)(=O)N1CCCCc2ccccc21. The molecular weight excluding hydrogens is 286 g/mol. The third-order valence-corrected chi connectivity index (χ3v) is 5.55. The number of rotatable bonds is 2. The monoisotopic (exact) mass is 303 g/mol. The zero-order valence-corrected chi connectivity index (χ0v) is 12.4. The summed E-state index contributed by atoms with van der Waals surface area (Å²) in [6.07, 6.45) is 4.19. The van der Waals surface area contributed by atoms with Crippen molar-refractivity contribution in [3.8, 4) is 0 Å². The van der Waals surface area contributed by atoms with Gasteiger partial charge in [-0.2, -0.15) is 0 Å². The van der Waals surface area contributed by atoms with Crippen molar-refractivity contribution < 1.29 is 8.42 Å². The number of nitrogens with zero attached hydrogens (tertiary/aromatic N) is 2. The zero-order valence-electron chi connectivity index (χ0n) is 11.6. The minimum Gasteiger partial charge on any atom is -0.383 e. The Morgan fingerprint density at radius 2 is 1.90 bits per heavy atom. The number of nitrogen functional groups attached to an aromatic ring is 1. The van der Waals surface area contributed by atoms with E-state index in [-0.39, 0.29) is 10.7 Å². The molecule has 0 amide bonds. The number of aromatic nitrogens is 1. The highest BCUT2D eigenvalue weighted by atomic mass is 32.2. The molecule has 1 aromatic carbocycles. The summed E-state index contributed by atoms with van der Waals surface area (Å²) in [6, 6.07) is 10.7. The lowest BCUT2D eigenvalue weighted by Crippen LogP contribution is -2.32. The molecule has 0 aliphatic carbocycles. The van der Waals surface area contributed by atoms with Crippen LogP contribution in [0.25, 0.3) is 0 Å². The van der Waals surface area contributed by atoms with Crippen molar-refractivity contribution in [3.05, 3.63) is 48.2 Å². The van der Waals surface area contributed by atoms with Crippen molar-refractivity contribution in [2.45, 2.75) is 24.2 Å². The van der Waals surface area contributed by atoms with Crippen LogP contribution in [0.15, 0.2) is 47.5 Å². The molecule has 0 unspecified atom stereocenters. The van der Waals surface area contributed by atoms with E-state index in [2.05, 4.69) is 4.98 Å². The maximum Gasteiger partial charge on any atom is 0.267 e. The molecule has 5 nitrogen and oxygen atoms in total. The molecule has 1 aliphatic heterocycles. The summed E-state index contributed by atoms with van der Waals surface area (Å²) >= 11 is 0. The fourth-order valence-corrected chi connectivity index (χ4v) is 4.26. The van der Waals surface area contributed by atoms with E-state index in [1.54, 1.807) is 6.07 Å². The van der Waals surface area contributed by atoms with Crippen LogP contribution in [-0.4, -0.2) is 19.9 Å². The summed E-state index contributed by atoms with van der Waals surface area (Å²) in [6.45, 7) is 0.466. The molecule has 0 fully saturated rings. The molecule has 0 atom stereocenters. The Kier molecular flexibility index (Phi) is 3.55. The summed E-state index contributed by atoms with van der Waals surface area (Å²) < 4.78 is 27.3. The topological polar surface area (TPSA) is 76.3 Å². The Morgan fingerprint density at radius 3 is 2.71 bits per heavy atom. The summed E-state index contributed by atoms with van der Waals surface area (Å²) in [4.78, 5) is 3.96. The minimum absolute atomic E-state index is 0.0410. The largest absolute Gasteiger partial charge is 0.383 e. The smallest absolute Gasteiger partial charge is 0.267 e. The van der Waals surface area contributed by atoms with Crippen LogP contribution in [0.2, 0.25) is 0 Å².